The summed E-state index contributed by atoms with van der Waals surface area (Å²) in [5, 5.41) is 22.9. The Morgan fingerprint density at radius 3 is 2.16 bits per heavy atom. The third kappa shape index (κ3) is 7.39. The molecule has 0 bridgehead atoms. The van der Waals surface area contributed by atoms with Gasteiger partial charge in [-0.3, -0.25) is 14.4 Å². The first-order chi connectivity index (χ1) is 15.0. The summed E-state index contributed by atoms with van der Waals surface area (Å²) in [5.41, 5.74) is 2.05. The molecule has 0 saturated carbocycles. The van der Waals surface area contributed by atoms with Gasteiger partial charge in [0.2, 0.25) is 5.91 Å². The van der Waals surface area contributed by atoms with Gasteiger partial charge in [0.1, 0.15) is 19.0 Å². The Labute approximate surface area is 185 Å². The monoisotopic (exact) mass is 446 g/mol. The molecule has 4 N–H and O–H groups in total. The van der Waals surface area contributed by atoms with Crippen molar-refractivity contribution in [3.05, 3.63) is 54.1 Å². The normalized spacial score (nSPS) is 11.5. The predicted molar refractivity (Wildman–Crippen MR) is 119 cm³/mol. The summed E-state index contributed by atoms with van der Waals surface area (Å²) in [6, 6.07) is 12.5. The lowest BCUT2D eigenvalue weighted by Gasteiger charge is -2.16. The number of aliphatic hydroxyl groups excluding tert-OH is 2. The fourth-order valence-corrected chi connectivity index (χ4v) is 3.00. The van der Waals surface area contributed by atoms with Gasteiger partial charge in [0.25, 0.3) is 5.91 Å². The molecule has 0 saturated heterocycles. The van der Waals surface area contributed by atoms with Crippen LogP contribution in [0.2, 0.25) is 0 Å². The van der Waals surface area contributed by atoms with Crippen LogP contribution in [0.5, 0.6) is 5.75 Å². The van der Waals surface area contributed by atoms with Gasteiger partial charge in [-0.2, -0.15) is 11.8 Å². The van der Waals surface area contributed by atoms with Crippen molar-refractivity contribution in [3.63, 3.8) is 0 Å². The van der Waals surface area contributed by atoms with Gasteiger partial charge in [0, 0.05) is 17.9 Å². The number of ether oxygens (including phenoxy) is 1. The highest BCUT2D eigenvalue weighted by Gasteiger charge is 2.27. The van der Waals surface area contributed by atoms with Crippen LogP contribution in [0, 0.1) is 0 Å². The van der Waals surface area contributed by atoms with E-state index in [-0.39, 0.29) is 18.8 Å². The fraction of sp³-hybridized carbons (Fsp3) is 0.318. The number of ketones is 1. The number of hydrogen-bond acceptors (Lipinski definition) is 7. The van der Waals surface area contributed by atoms with Gasteiger partial charge in [-0.15, -0.1) is 0 Å². The Morgan fingerprint density at radius 1 is 1.00 bits per heavy atom. The zero-order valence-electron chi connectivity index (χ0n) is 17.2. The van der Waals surface area contributed by atoms with Gasteiger partial charge in [-0.05, 0) is 41.6 Å². The van der Waals surface area contributed by atoms with Gasteiger partial charge in [-0.25, -0.2) is 0 Å². The maximum Gasteiger partial charge on any atom is 0.252 e. The number of carbonyl (C=O) groups excluding carboxylic acids is 3. The minimum Gasteiger partial charge on any atom is -0.491 e. The van der Waals surface area contributed by atoms with Gasteiger partial charge in [0.15, 0.2) is 11.8 Å². The zero-order valence-corrected chi connectivity index (χ0v) is 18.0. The highest BCUT2D eigenvalue weighted by molar-refractivity contribution is 7.98. The summed E-state index contributed by atoms with van der Waals surface area (Å²) in [6.45, 7) is -0.338. The summed E-state index contributed by atoms with van der Waals surface area (Å²) in [4.78, 5) is 36.7. The van der Waals surface area contributed by atoms with Crippen molar-refractivity contribution < 1.29 is 29.3 Å². The molecule has 31 heavy (non-hydrogen) atoms. The van der Waals surface area contributed by atoms with Crippen molar-refractivity contribution >= 4 is 29.4 Å². The van der Waals surface area contributed by atoms with E-state index in [2.05, 4.69) is 10.6 Å². The number of carbonyl (C=O) groups is 3. The molecule has 0 fully saturated rings. The largest absolute Gasteiger partial charge is 0.491 e. The van der Waals surface area contributed by atoms with E-state index in [9.17, 15) is 14.4 Å². The molecular formula is C22H26N2O6S. The molecule has 2 aromatic carbocycles. The van der Waals surface area contributed by atoms with E-state index in [1.807, 2.05) is 18.4 Å². The number of thioether (sulfide) groups is 1. The lowest BCUT2D eigenvalue weighted by atomic mass is 10.0. The molecule has 0 aromatic heterocycles. The molecule has 8 nitrogen and oxygen atoms in total. The van der Waals surface area contributed by atoms with E-state index in [0.29, 0.717) is 18.0 Å². The summed E-state index contributed by atoms with van der Waals surface area (Å²) < 4.78 is 5.33. The minimum absolute atomic E-state index is 0.0600. The van der Waals surface area contributed by atoms with E-state index in [0.717, 1.165) is 11.1 Å². The number of nitrogens with one attached hydrogen (secondary N) is 2. The molecule has 0 aliphatic heterocycles. The molecule has 0 spiro atoms. The van der Waals surface area contributed by atoms with Crippen LogP contribution in [0.3, 0.4) is 0 Å². The number of aliphatic hydroxyl groups is 2. The predicted octanol–water partition coefficient (Wildman–Crippen LogP) is 0.864. The molecule has 2 amide bonds. The lowest BCUT2D eigenvalue weighted by Crippen LogP contribution is -2.52. The molecular weight excluding hydrogens is 420 g/mol. The first-order valence-electron chi connectivity index (χ1n) is 9.65. The SMILES string of the molecule is CSCCNC(=O)C(NC(=O)c1ccc(-c2ccc(OCCO)cc2)cc1)C(=O)CO. The first-order valence-corrected chi connectivity index (χ1v) is 11.0. The third-order valence-corrected chi connectivity index (χ3v) is 4.93. The number of amides is 2. The summed E-state index contributed by atoms with van der Waals surface area (Å²) >= 11 is 1.53. The fourth-order valence-electron chi connectivity index (χ4n) is 2.70. The summed E-state index contributed by atoms with van der Waals surface area (Å²) in [7, 11) is 0. The van der Waals surface area contributed by atoms with Gasteiger partial charge < -0.3 is 25.6 Å². The quantitative estimate of drug-likeness (QED) is 0.282. The minimum atomic E-state index is -1.45. The van der Waals surface area contributed by atoms with Crippen molar-refractivity contribution in [2.45, 2.75) is 6.04 Å². The second-order valence-corrected chi connectivity index (χ2v) is 7.47. The summed E-state index contributed by atoms with van der Waals surface area (Å²) in [5.74, 6) is -0.720. The van der Waals surface area contributed by atoms with Crippen LogP contribution < -0.4 is 15.4 Å². The zero-order chi connectivity index (χ0) is 22.6. The first kappa shape index (κ1) is 24.4. The molecule has 1 atom stereocenters. The van der Waals surface area contributed by atoms with E-state index >= 15 is 0 Å². The number of benzene rings is 2. The second kappa shape index (κ2) is 12.7. The van der Waals surface area contributed by atoms with E-state index in [1.54, 1.807) is 36.4 Å². The van der Waals surface area contributed by atoms with Crippen molar-refractivity contribution in [1.29, 1.82) is 0 Å². The van der Waals surface area contributed by atoms with E-state index in [4.69, 9.17) is 14.9 Å². The number of Topliss-reactive ketones (excluding diaryl/α,β-unsaturated/α-hetero) is 1. The second-order valence-electron chi connectivity index (χ2n) is 6.49. The molecule has 0 heterocycles. The van der Waals surface area contributed by atoms with E-state index < -0.39 is 30.2 Å². The van der Waals surface area contributed by atoms with Gasteiger partial charge in [0.05, 0.1) is 6.61 Å². The van der Waals surface area contributed by atoms with Crippen LogP contribution in [-0.2, 0) is 9.59 Å². The molecule has 166 valence electrons. The van der Waals surface area contributed by atoms with Gasteiger partial charge >= 0.3 is 0 Å². The maximum atomic E-state index is 12.5. The average molecular weight is 447 g/mol. The molecule has 0 aliphatic carbocycles. The van der Waals surface area contributed by atoms with Crippen molar-refractivity contribution in [2.75, 3.05) is 38.4 Å². The van der Waals surface area contributed by atoms with Crippen LogP contribution in [-0.4, -0.2) is 72.2 Å². The Kier molecular flexibility index (Phi) is 10.0. The Bertz CT molecular complexity index is 871. The molecule has 2 aromatic rings. The number of rotatable bonds is 12. The van der Waals surface area contributed by atoms with Crippen molar-refractivity contribution in [3.8, 4) is 16.9 Å². The molecule has 2 rings (SSSR count). The third-order valence-electron chi connectivity index (χ3n) is 4.32. The Morgan fingerprint density at radius 2 is 1.61 bits per heavy atom. The average Bonchev–Trinajstić information content (AvgIpc) is 2.81. The topological polar surface area (TPSA) is 125 Å². The molecule has 9 heteroatoms. The smallest absolute Gasteiger partial charge is 0.252 e. The Hall–Kier alpha value is -2.88. The van der Waals surface area contributed by atoms with Crippen molar-refractivity contribution in [1.82, 2.24) is 10.6 Å². The highest BCUT2D eigenvalue weighted by Crippen LogP contribution is 2.23. The molecule has 1 unspecified atom stereocenters. The van der Waals surface area contributed by atoms with Crippen LogP contribution >= 0.6 is 11.8 Å². The highest BCUT2D eigenvalue weighted by atomic mass is 32.2. The van der Waals surface area contributed by atoms with Crippen LogP contribution in [0.25, 0.3) is 11.1 Å². The van der Waals surface area contributed by atoms with Crippen molar-refractivity contribution in [2.24, 2.45) is 0 Å². The molecule has 0 aliphatic rings. The number of hydrogen-bond donors (Lipinski definition) is 4. The van der Waals surface area contributed by atoms with Crippen LogP contribution in [0.1, 0.15) is 10.4 Å². The van der Waals surface area contributed by atoms with Gasteiger partial charge in [-0.1, -0.05) is 24.3 Å². The van der Waals surface area contributed by atoms with Crippen LogP contribution in [0.4, 0.5) is 0 Å². The standard InChI is InChI=1S/C22H26N2O6S/c1-31-13-10-23-22(29)20(19(27)14-26)24-21(28)17-4-2-15(3-5-17)16-6-8-18(9-7-16)30-12-11-25/h2-9,20,25-26H,10-14H2,1H3,(H,23,29)(H,24,28). The lowest BCUT2D eigenvalue weighted by molar-refractivity contribution is -0.132. The van der Waals surface area contributed by atoms with E-state index in [1.165, 1.54) is 11.8 Å². The molecule has 0 radical (unpaired) electrons. The van der Waals surface area contributed by atoms with Crippen LogP contribution in [0.15, 0.2) is 48.5 Å². The maximum absolute atomic E-state index is 12.5. The Balaban J connectivity index is 2.05. The summed E-state index contributed by atoms with van der Waals surface area (Å²) in [6.07, 6.45) is 1.88.